The van der Waals surface area contributed by atoms with E-state index >= 15 is 0 Å². The second kappa shape index (κ2) is 10.5. The van der Waals surface area contributed by atoms with Gasteiger partial charge in [-0.3, -0.25) is 9.59 Å². The number of carbonyl (C=O) groups excluding carboxylic acids is 2. The van der Waals surface area contributed by atoms with Gasteiger partial charge in [-0.15, -0.1) is 0 Å². The highest BCUT2D eigenvalue weighted by Gasteiger charge is 2.27. The molecular weight excluding hydrogens is 411 g/mol. The molecule has 1 atom stereocenters. The molecule has 0 aliphatic rings. The lowest BCUT2D eigenvalue weighted by molar-refractivity contribution is -0.142. The molecule has 29 heavy (non-hydrogen) atoms. The zero-order chi connectivity index (χ0) is 21.6. The molecule has 0 aromatic heterocycles. The molecule has 0 radical (unpaired) electrons. The van der Waals surface area contributed by atoms with E-state index in [9.17, 15) is 9.59 Å². The van der Waals surface area contributed by atoms with E-state index in [0.717, 1.165) is 11.1 Å². The van der Waals surface area contributed by atoms with Crippen molar-refractivity contribution in [2.75, 3.05) is 13.2 Å². The van der Waals surface area contributed by atoms with Crippen molar-refractivity contribution in [3.05, 3.63) is 63.1 Å². The maximum atomic E-state index is 13.0. The highest BCUT2D eigenvalue weighted by Crippen LogP contribution is 2.24. The van der Waals surface area contributed by atoms with Gasteiger partial charge in [-0.2, -0.15) is 0 Å². The van der Waals surface area contributed by atoms with Gasteiger partial charge in [-0.1, -0.05) is 47.0 Å². The van der Waals surface area contributed by atoms with E-state index in [4.69, 9.17) is 27.9 Å². The molecule has 0 heterocycles. The third-order valence-electron chi connectivity index (χ3n) is 4.56. The van der Waals surface area contributed by atoms with E-state index in [1.807, 2.05) is 39.0 Å². The first-order chi connectivity index (χ1) is 13.7. The van der Waals surface area contributed by atoms with Gasteiger partial charge in [-0.05, 0) is 57.0 Å². The lowest BCUT2D eigenvalue weighted by atomic mass is 10.1. The van der Waals surface area contributed by atoms with Crippen molar-refractivity contribution in [1.82, 2.24) is 10.2 Å². The number of hydrogen-bond donors (Lipinski definition) is 1. The summed E-state index contributed by atoms with van der Waals surface area (Å²) in [6.07, 6.45) is 0. The number of nitrogens with one attached hydrogen (secondary N) is 1. The molecule has 0 saturated heterocycles. The summed E-state index contributed by atoms with van der Waals surface area (Å²) in [5.41, 5.74) is 2.76. The monoisotopic (exact) mass is 436 g/mol. The summed E-state index contributed by atoms with van der Waals surface area (Å²) in [5.74, 6) is 0.0892. The lowest BCUT2D eigenvalue weighted by Crippen LogP contribution is -2.49. The minimum Gasteiger partial charge on any atom is -0.483 e. The van der Waals surface area contributed by atoms with E-state index in [2.05, 4.69) is 5.32 Å². The summed E-state index contributed by atoms with van der Waals surface area (Å²) in [6, 6.07) is 10.1. The van der Waals surface area contributed by atoms with Gasteiger partial charge < -0.3 is 15.0 Å². The van der Waals surface area contributed by atoms with Crippen molar-refractivity contribution in [3.8, 4) is 5.75 Å². The van der Waals surface area contributed by atoms with Crippen LogP contribution in [-0.2, 0) is 16.1 Å². The SMILES string of the molecule is CCNC(=O)C(C)N(Cc1ccc(Cl)cc1Cl)C(=O)COc1ccc(C)cc1C. The van der Waals surface area contributed by atoms with Gasteiger partial charge in [0, 0.05) is 23.1 Å². The fraction of sp³-hybridized carbons (Fsp3) is 0.364. The van der Waals surface area contributed by atoms with Crippen LogP contribution in [0.5, 0.6) is 5.75 Å². The Morgan fingerprint density at radius 1 is 1.14 bits per heavy atom. The number of likely N-dealkylation sites (N-methyl/N-ethyl adjacent to an activating group) is 1. The maximum absolute atomic E-state index is 13.0. The number of rotatable bonds is 8. The minimum atomic E-state index is -0.683. The number of benzene rings is 2. The Kier molecular flexibility index (Phi) is 8.35. The van der Waals surface area contributed by atoms with Gasteiger partial charge in [0.1, 0.15) is 11.8 Å². The molecule has 0 fully saturated rings. The number of aryl methyl sites for hydroxylation is 2. The topological polar surface area (TPSA) is 58.6 Å². The summed E-state index contributed by atoms with van der Waals surface area (Å²) in [7, 11) is 0. The summed E-state index contributed by atoms with van der Waals surface area (Å²) < 4.78 is 5.73. The zero-order valence-electron chi connectivity index (χ0n) is 17.1. The highest BCUT2D eigenvalue weighted by molar-refractivity contribution is 6.35. The summed E-state index contributed by atoms with van der Waals surface area (Å²) in [5, 5.41) is 3.70. The molecule has 2 aromatic rings. The fourth-order valence-corrected chi connectivity index (χ4v) is 3.39. The Morgan fingerprint density at radius 3 is 2.48 bits per heavy atom. The Labute approximate surface area is 181 Å². The quantitative estimate of drug-likeness (QED) is 0.660. The van der Waals surface area contributed by atoms with Gasteiger partial charge in [-0.25, -0.2) is 0 Å². The van der Waals surface area contributed by atoms with Crippen molar-refractivity contribution in [2.24, 2.45) is 0 Å². The molecule has 0 spiro atoms. The number of hydrogen-bond acceptors (Lipinski definition) is 3. The van der Waals surface area contributed by atoms with Gasteiger partial charge in [0.2, 0.25) is 5.91 Å². The molecule has 7 heteroatoms. The predicted molar refractivity (Wildman–Crippen MR) is 117 cm³/mol. The standard InChI is InChI=1S/C22H26Cl2N2O3/c1-5-25-22(28)16(4)26(12-17-7-8-18(23)11-19(17)24)21(27)13-29-20-9-6-14(2)10-15(20)3/h6-11,16H,5,12-13H2,1-4H3,(H,25,28). The van der Waals surface area contributed by atoms with Crippen LogP contribution in [0.2, 0.25) is 10.0 Å². The number of amides is 2. The first-order valence-electron chi connectivity index (χ1n) is 9.44. The third kappa shape index (κ3) is 6.38. The van der Waals surface area contributed by atoms with Crippen LogP contribution < -0.4 is 10.1 Å². The molecule has 2 aromatic carbocycles. The first kappa shape index (κ1) is 23.0. The zero-order valence-corrected chi connectivity index (χ0v) is 18.6. The van der Waals surface area contributed by atoms with E-state index in [1.165, 1.54) is 4.90 Å². The fourth-order valence-electron chi connectivity index (χ4n) is 2.92. The smallest absolute Gasteiger partial charge is 0.261 e. The van der Waals surface area contributed by atoms with Gasteiger partial charge in [0.05, 0.1) is 0 Å². The predicted octanol–water partition coefficient (Wildman–Crippen LogP) is 4.54. The molecule has 0 saturated carbocycles. The average molecular weight is 437 g/mol. The number of halogens is 2. The van der Waals surface area contributed by atoms with E-state index in [1.54, 1.807) is 25.1 Å². The highest BCUT2D eigenvalue weighted by atomic mass is 35.5. The minimum absolute atomic E-state index is 0.170. The van der Waals surface area contributed by atoms with Crippen molar-refractivity contribution in [1.29, 1.82) is 0 Å². The molecule has 0 aliphatic carbocycles. The second-order valence-electron chi connectivity index (χ2n) is 6.89. The lowest BCUT2D eigenvalue weighted by Gasteiger charge is -2.29. The molecule has 1 N–H and O–H groups in total. The molecule has 0 bridgehead atoms. The molecular formula is C22H26Cl2N2O3. The summed E-state index contributed by atoms with van der Waals surface area (Å²) in [6.45, 7) is 7.90. The summed E-state index contributed by atoms with van der Waals surface area (Å²) in [4.78, 5) is 26.8. The van der Waals surface area contributed by atoms with Crippen LogP contribution in [0.4, 0.5) is 0 Å². The van der Waals surface area contributed by atoms with Crippen LogP contribution in [0, 0.1) is 13.8 Å². The van der Waals surface area contributed by atoms with Crippen LogP contribution in [-0.4, -0.2) is 35.9 Å². The molecule has 1 unspecified atom stereocenters. The van der Waals surface area contributed by atoms with Gasteiger partial charge in [0.25, 0.3) is 5.91 Å². The van der Waals surface area contributed by atoms with Gasteiger partial charge >= 0.3 is 0 Å². The molecule has 2 amide bonds. The average Bonchev–Trinajstić information content (AvgIpc) is 2.66. The van der Waals surface area contributed by atoms with Crippen LogP contribution in [0.1, 0.15) is 30.5 Å². The summed E-state index contributed by atoms with van der Waals surface area (Å²) >= 11 is 12.2. The van der Waals surface area contributed by atoms with Crippen molar-refractivity contribution in [3.63, 3.8) is 0 Å². The normalized spacial score (nSPS) is 11.7. The van der Waals surface area contributed by atoms with E-state index in [0.29, 0.717) is 27.9 Å². The largest absolute Gasteiger partial charge is 0.483 e. The molecule has 0 aliphatic heterocycles. The Hall–Kier alpha value is -2.24. The Morgan fingerprint density at radius 2 is 1.86 bits per heavy atom. The Bertz CT molecular complexity index is 886. The first-order valence-corrected chi connectivity index (χ1v) is 10.2. The second-order valence-corrected chi connectivity index (χ2v) is 7.73. The van der Waals surface area contributed by atoms with Crippen molar-refractivity contribution >= 4 is 35.0 Å². The Balaban J connectivity index is 2.20. The number of nitrogens with zero attached hydrogens (tertiary/aromatic N) is 1. The van der Waals surface area contributed by atoms with Crippen LogP contribution in [0.3, 0.4) is 0 Å². The number of ether oxygens (including phenoxy) is 1. The molecule has 5 nitrogen and oxygen atoms in total. The van der Waals surface area contributed by atoms with Crippen LogP contribution in [0.15, 0.2) is 36.4 Å². The third-order valence-corrected chi connectivity index (χ3v) is 5.14. The van der Waals surface area contributed by atoms with Crippen LogP contribution in [0.25, 0.3) is 0 Å². The van der Waals surface area contributed by atoms with Crippen molar-refractivity contribution < 1.29 is 14.3 Å². The molecule has 2 rings (SSSR count). The van der Waals surface area contributed by atoms with E-state index in [-0.39, 0.29) is 25.0 Å². The maximum Gasteiger partial charge on any atom is 0.261 e. The molecule has 156 valence electrons. The van der Waals surface area contributed by atoms with Crippen molar-refractivity contribution in [2.45, 2.75) is 40.3 Å². The van der Waals surface area contributed by atoms with Crippen LogP contribution >= 0.6 is 23.2 Å². The van der Waals surface area contributed by atoms with Gasteiger partial charge in [0.15, 0.2) is 6.61 Å². The number of carbonyl (C=O) groups is 2. The van der Waals surface area contributed by atoms with E-state index < -0.39 is 6.04 Å².